The first-order valence-corrected chi connectivity index (χ1v) is 4.59. The topological polar surface area (TPSA) is 3.24 Å². The van der Waals surface area contributed by atoms with Crippen LogP contribution in [0.4, 0.5) is 4.39 Å². The van der Waals surface area contributed by atoms with E-state index in [1.54, 1.807) is 12.1 Å². The largest absolute Gasteiger partial charge is 0.301 e. The number of benzene rings is 1. The number of terminal acetylenes is 1. The maximum Gasteiger partial charge on any atom is 0.123 e. The molecule has 0 unspecified atom stereocenters. The van der Waals surface area contributed by atoms with Crippen molar-refractivity contribution in [3.63, 3.8) is 0 Å². The Morgan fingerprint density at radius 2 is 2.29 bits per heavy atom. The van der Waals surface area contributed by atoms with Gasteiger partial charge in [-0.3, -0.25) is 0 Å². The van der Waals surface area contributed by atoms with Crippen LogP contribution in [0.3, 0.4) is 0 Å². The van der Waals surface area contributed by atoms with E-state index in [1.807, 2.05) is 13.1 Å². The Labute approximate surface area is 84.5 Å². The number of nitrogens with zero attached hydrogens (tertiary/aromatic N) is 1. The first kappa shape index (κ1) is 10.7. The quantitative estimate of drug-likeness (QED) is 0.660. The van der Waals surface area contributed by atoms with E-state index in [-0.39, 0.29) is 5.82 Å². The summed E-state index contributed by atoms with van der Waals surface area (Å²) in [6, 6.07) is 6.63. The lowest BCUT2D eigenvalue weighted by atomic mass is 10.2. The molecule has 0 saturated carbocycles. The van der Waals surface area contributed by atoms with E-state index in [2.05, 4.69) is 10.8 Å². The number of rotatable bonds is 4. The van der Waals surface area contributed by atoms with Gasteiger partial charge < -0.3 is 4.90 Å². The average molecular weight is 191 g/mol. The van der Waals surface area contributed by atoms with Gasteiger partial charge in [-0.1, -0.05) is 12.1 Å². The zero-order valence-electron chi connectivity index (χ0n) is 8.33. The van der Waals surface area contributed by atoms with Gasteiger partial charge in [0.05, 0.1) is 0 Å². The van der Waals surface area contributed by atoms with Crippen LogP contribution >= 0.6 is 0 Å². The van der Waals surface area contributed by atoms with Gasteiger partial charge in [-0.15, -0.1) is 12.3 Å². The Morgan fingerprint density at radius 1 is 1.50 bits per heavy atom. The lowest BCUT2D eigenvalue weighted by molar-refractivity contribution is 0.335. The molecular weight excluding hydrogens is 177 g/mol. The molecule has 0 aliphatic heterocycles. The molecule has 1 nitrogen and oxygen atoms in total. The van der Waals surface area contributed by atoms with Gasteiger partial charge in [0, 0.05) is 19.5 Å². The molecule has 2 heteroatoms. The molecule has 0 aliphatic carbocycles. The highest BCUT2D eigenvalue weighted by atomic mass is 19.1. The molecular formula is C12H14FN. The van der Waals surface area contributed by atoms with Crippen LogP contribution in [0, 0.1) is 18.2 Å². The van der Waals surface area contributed by atoms with Crippen molar-refractivity contribution in [2.24, 2.45) is 0 Å². The molecule has 0 atom stereocenters. The number of hydrogen-bond acceptors (Lipinski definition) is 1. The Bertz CT molecular complexity index is 327. The van der Waals surface area contributed by atoms with Gasteiger partial charge in [-0.05, 0) is 24.7 Å². The Balaban J connectivity index is 2.48. The third-order valence-corrected chi connectivity index (χ3v) is 1.98. The molecule has 0 spiro atoms. The molecule has 0 aromatic heterocycles. The lowest BCUT2D eigenvalue weighted by Gasteiger charge is -2.14. The van der Waals surface area contributed by atoms with E-state index in [1.165, 1.54) is 6.07 Å². The molecule has 1 rings (SSSR count). The number of halogens is 1. The van der Waals surface area contributed by atoms with E-state index < -0.39 is 0 Å². The van der Waals surface area contributed by atoms with E-state index in [9.17, 15) is 4.39 Å². The normalized spacial score (nSPS) is 10.1. The molecule has 0 aliphatic rings. The van der Waals surface area contributed by atoms with Crippen molar-refractivity contribution in [2.45, 2.75) is 13.0 Å². The number of hydrogen-bond donors (Lipinski definition) is 0. The SMILES string of the molecule is C#CCCN(C)Cc1cccc(F)c1. The second kappa shape index (κ2) is 5.41. The summed E-state index contributed by atoms with van der Waals surface area (Å²) in [6.07, 6.45) is 5.89. The second-order valence-electron chi connectivity index (χ2n) is 3.32. The van der Waals surface area contributed by atoms with Gasteiger partial charge in [0.25, 0.3) is 0 Å². The Hall–Kier alpha value is -1.33. The van der Waals surface area contributed by atoms with Gasteiger partial charge in [-0.25, -0.2) is 4.39 Å². The third-order valence-electron chi connectivity index (χ3n) is 1.98. The summed E-state index contributed by atoms with van der Waals surface area (Å²) in [5.41, 5.74) is 0.976. The smallest absolute Gasteiger partial charge is 0.123 e. The molecule has 0 bridgehead atoms. The molecule has 74 valence electrons. The molecule has 0 amide bonds. The zero-order valence-corrected chi connectivity index (χ0v) is 8.33. The minimum Gasteiger partial charge on any atom is -0.301 e. The monoisotopic (exact) mass is 191 g/mol. The van der Waals surface area contributed by atoms with Crippen LogP contribution in [0.25, 0.3) is 0 Å². The summed E-state index contributed by atoms with van der Waals surface area (Å²) in [5, 5.41) is 0. The molecule has 1 aromatic carbocycles. The fraction of sp³-hybridized carbons (Fsp3) is 0.333. The van der Waals surface area contributed by atoms with E-state index in [0.29, 0.717) is 0 Å². The van der Waals surface area contributed by atoms with Crippen LogP contribution < -0.4 is 0 Å². The molecule has 0 heterocycles. The maximum absolute atomic E-state index is 12.8. The lowest BCUT2D eigenvalue weighted by Crippen LogP contribution is -2.18. The van der Waals surface area contributed by atoms with Crippen molar-refractivity contribution in [2.75, 3.05) is 13.6 Å². The molecule has 0 fully saturated rings. The van der Waals surface area contributed by atoms with Crippen LogP contribution in [0.15, 0.2) is 24.3 Å². The van der Waals surface area contributed by atoms with Crippen LogP contribution in [0.1, 0.15) is 12.0 Å². The fourth-order valence-electron chi connectivity index (χ4n) is 1.28. The Morgan fingerprint density at radius 3 is 2.93 bits per heavy atom. The van der Waals surface area contributed by atoms with Crippen LogP contribution in [-0.4, -0.2) is 18.5 Å². The van der Waals surface area contributed by atoms with Gasteiger partial charge in [0.2, 0.25) is 0 Å². The predicted molar refractivity (Wildman–Crippen MR) is 56.2 cm³/mol. The highest BCUT2D eigenvalue weighted by molar-refractivity contribution is 5.16. The standard InChI is InChI=1S/C12H14FN/c1-3-4-8-14(2)10-11-6-5-7-12(13)9-11/h1,5-7,9H,4,8,10H2,2H3. The summed E-state index contributed by atoms with van der Waals surface area (Å²) < 4.78 is 12.8. The second-order valence-corrected chi connectivity index (χ2v) is 3.32. The first-order valence-electron chi connectivity index (χ1n) is 4.59. The van der Waals surface area contributed by atoms with E-state index in [0.717, 1.165) is 25.1 Å². The molecule has 0 N–H and O–H groups in total. The molecule has 0 radical (unpaired) electrons. The van der Waals surface area contributed by atoms with E-state index >= 15 is 0 Å². The van der Waals surface area contributed by atoms with Crippen molar-refractivity contribution in [3.05, 3.63) is 35.6 Å². The summed E-state index contributed by atoms with van der Waals surface area (Å²) in [4.78, 5) is 2.08. The summed E-state index contributed by atoms with van der Waals surface area (Å²) in [5.74, 6) is 2.39. The fourth-order valence-corrected chi connectivity index (χ4v) is 1.28. The average Bonchev–Trinajstić information content (AvgIpc) is 2.15. The minimum absolute atomic E-state index is 0.187. The predicted octanol–water partition coefficient (Wildman–Crippen LogP) is 2.28. The molecule has 0 saturated heterocycles. The van der Waals surface area contributed by atoms with Gasteiger partial charge in [0.15, 0.2) is 0 Å². The Kier molecular flexibility index (Phi) is 4.15. The van der Waals surface area contributed by atoms with Crippen molar-refractivity contribution in [1.82, 2.24) is 4.90 Å². The highest BCUT2D eigenvalue weighted by Crippen LogP contribution is 2.06. The van der Waals surface area contributed by atoms with Crippen molar-refractivity contribution >= 4 is 0 Å². The van der Waals surface area contributed by atoms with Gasteiger partial charge in [0.1, 0.15) is 5.82 Å². The zero-order chi connectivity index (χ0) is 10.4. The van der Waals surface area contributed by atoms with E-state index in [4.69, 9.17) is 6.42 Å². The summed E-state index contributed by atoms with van der Waals surface area (Å²) >= 11 is 0. The van der Waals surface area contributed by atoms with Crippen molar-refractivity contribution < 1.29 is 4.39 Å². The molecule has 1 aromatic rings. The summed E-state index contributed by atoms with van der Waals surface area (Å²) in [6.45, 7) is 1.58. The van der Waals surface area contributed by atoms with Crippen LogP contribution in [0.5, 0.6) is 0 Å². The first-order chi connectivity index (χ1) is 6.72. The third kappa shape index (κ3) is 3.59. The van der Waals surface area contributed by atoms with Gasteiger partial charge in [-0.2, -0.15) is 0 Å². The van der Waals surface area contributed by atoms with Crippen molar-refractivity contribution in [1.29, 1.82) is 0 Å². The van der Waals surface area contributed by atoms with Crippen molar-refractivity contribution in [3.8, 4) is 12.3 Å². The van der Waals surface area contributed by atoms with Crippen LogP contribution in [-0.2, 0) is 6.54 Å². The minimum atomic E-state index is -0.187. The maximum atomic E-state index is 12.8. The van der Waals surface area contributed by atoms with Crippen LogP contribution in [0.2, 0.25) is 0 Å². The molecule has 14 heavy (non-hydrogen) atoms. The van der Waals surface area contributed by atoms with Gasteiger partial charge >= 0.3 is 0 Å². The summed E-state index contributed by atoms with van der Waals surface area (Å²) in [7, 11) is 1.97. The highest BCUT2D eigenvalue weighted by Gasteiger charge is 1.99.